The summed E-state index contributed by atoms with van der Waals surface area (Å²) < 4.78 is 31.7. The second kappa shape index (κ2) is 11.3. The van der Waals surface area contributed by atoms with Gasteiger partial charge in [-0.2, -0.15) is 0 Å². The van der Waals surface area contributed by atoms with Gasteiger partial charge in [-0.1, -0.05) is 11.8 Å². The molecular weight excluding hydrogens is 450 g/mol. The number of halogens is 2. The van der Waals surface area contributed by atoms with Gasteiger partial charge in [0.05, 0.1) is 25.1 Å². The first-order valence-corrected chi connectivity index (χ1v) is 11.8. The predicted octanol–water partition coefficient (Wildman–Crippen LogP) is 4.92. The van der Waals surface area contributed by atoms with E-state index in [0.717, 1.165) is 61.0 Å². The Kier molecular flexibility index (Phi) is 7.94. The number of nitrogens with zero attached hydrogens (tertiary/aromatic N) is 2. The summed E-state index contributed by atoms with van der Waals surface area (Å²) in [6.45, 7) is 1.58. The number of ether oxygens (including phenoxy) is 1. The number of aliphatic carboxylic acids is 1. The van der Waals surface area contributed by atoms with Crippen LogP contribution in [0.1, 0.15) is 30.4 Å². The molecule has 0 bridgehead atoms. The number of likely N-dealkylation sites (tertiary alicyclic amines) is 1. The van der Waals surface area contributed by atoms with Gasteiger partial charge in [0.2, 0.25) is 0 Å². The maximum Gasteiger partial charge on any atom is 0.308 e. The molecule has 1 saturated heterocycles. The van der Waals surface area contributed by atoms with Crippen LogP contribution in [-0.2, 0) is 11.2 Å². The Balaban J connectivity index is 1.34. The van der Waals surface area contributed by atoms with Crippen LogP contribution >= 0.6 is 0 Å². The molecule has 5 nitrogen and oxygen atoms in total. The summed E-state index contributed by atoms with van der Waals surface area (Å²) in [5.74, 6) is 3.61. The highest BCUT2D eigenvalue weighted by Crippen LogP contribution is 2.30. The number of piperidine rings is 1. The van der Waals surface area contributed by atoms with Gasteiger partial charge in [0.15, 0.2) is 11.6 Å². The molecule has 0 radical (unpaired) electrons. The zero-order valence-electron chi connectivity index (χ0n) is 19.6. The Bertz CT molecular complexity index is 1270. The zero-order chi connectivity index (χ0) is 24.8. The highest BCUT2D eigenvalue weighted by atomic mass is 19.2. The van der Waals surface area contributed by atoms with Gasteiger partial charge in [0.1, 0.15) is 5.75 Å². The summed E-state index contributed by atoms with van der Waals surface area (Å²) in [7, 11) is 1.64. The van der Waals surface area contributed by atoms with Gasteiger partial charge in [-0.05, 0) is 86.2 Å². The van der Waals surface area contributed by atoms with Crippen LogP contribution in [0.15, 0.2) is 48.7 Å². The third-order valence-corrected chi connectivity index (χ3v) is 6.67. The summed E-state index contributed by atoms with van der Waals surface area (Å²) in [6.07, 6.45) is 5.16. The molecule has 1 aliphatic rings. The SMILES string of the molecule is COc1ccc2nccc(CCC[C@@H]3CCN(CC#Cc4ccc(F)c(F)c4)C[C@@H]3C(=O)O)c2c1. The molecule has 0 unspecified atom stereocenters. The standard InChI is InChI=1S/C28H28F2N2O3/c1-35-22-8-10-27-23(17-22)20(11-13-31-27)5-2-6-21-12-15-32(18-24(21)28(33)34)14-3-4-19-7-9-25(29)26(30)16-19/h7-11,13,16-17,21,24H,2,5-6,12,14-15,18H2,1H3,(H,33,34)/t21-,24+/m1/s1. The van der Waals surface area contributed by atoms with Gasteiger partial charge in [-0.15, -0.1) is 0 Å². The van der Waals surface area contributed by atoms with E-state index in [1.807, 2.05) is 35.4 Å². The van der Waals surface area contributed by atoms with Crippen molar-refractivity contribution in [3.05, 3.63) is 71.4 Å². The lowest BCUT2D eigenvalue weighted by atomic mass is 9.81. The van der Waals surface area contributed by atoms with Crippen molar-refractivity contribution in [1.29, 1.82) is 0 Å². The maximum atomic E-state index is 13.3. The van der Waals surface area contributed by atoms with Crippen molar-refractivity contribution in [3.8, 4) is 17.6 Å². The van der Waals surface area contributed by atoms with E-state index in [9.17, 15) is 18.7 Å². The van der Waals surface area contributed by atoms with Crippen molar-refractivity contribution in [2.75, 3.05) is 26.7 Å². The molecule has 1 aliphatic heterocycles. The van der Waals surface area contributed by atoms with Crippen molar-refractivity contribution in [3.63, 3.8) is 0 Å². The van der Waals surface area contributed by atoms with Gasteiger partial charge < -0.3 is 9.84 Å². The maximum absolute atomic E-state index is 13.3. The van der Waals surface area contributed by atoms with Crippen LogP contribution < -0.4 is 4.74 Å². The molecule has 1 N–H and O–H groups in total. The Morgan fingerprint density at radius 3 is 2.83 bits per heavy atom. The summed E-state index contributed by atoms with van der Waals surface area (Å²) in [6, 6.07) is 11.4. The number of carboxylic acids is 1. The van der Waals surface area contributed by atoms with E-state index >= 15 is 0 Å². The number of aryl methyl sites for hydroxylation is 1. The molecule has 2 heterocycles. The monoisotopic (exact) mass is 478 g/mol. The first-order chi connectivity index (χ1) is 16.9. The summed E-state index contributed by atoms with van der Waals surface area (Å²) in [5, 5.41) is 10.9. The van der Waals surface area contributed by atoms with Crippen LogP contribution in [0.25, 0.3) is 10.9 Å². The molecule has 0 spiro atoms. The van der Waals surface area contributed by atoms with Gasteiger partial charge in [0, 0.05) is 23.7 Å². The molecule has 4 rings (SSSR count). The Hall–Kier alpha value is -3.50. The third-order valence-electron chi connectivity index (χ3n) is 6.67. The van der Waals surface area contributed by atoms with E-state index in [1.54, 1.807) is 7.11 Å². The van der Waals surface area contributed by atoms with E-state index in [-0.39, 0.29) is 5.92 Å². The van der Waals surface area contributed by atoms with Crippen molar-refractivity contribution >= 4 is 16.9 Å². The van der Waals surface area contributed by atoms with E-state index in [2.05, 4.69) is 16.8 Å². The quantitative estimate of drug-likeness (QED) is 0.489. The molecule has 7 heteroatoms. The fourth-order valence-corrected chi connectivity index (χ4v) is 4.75. The van der Waals surface area contributed by atoms with Crippen molar-refractivity contribution in [2.24, 2.45) is 11.8 Å². The first kappa shape index (κ1) is 24.6. The average Bonchev–Trinajstić information content (AvgIpc) is 2.86. The molecule has 0 aliphatic carbocycles. The minimum atomic E-state index is -0.928. The van der Waals surface area contributed by atoms with Crippen LogP contribution in [0.4, 0.5) is 8.78 Å². The second-order valence-electron chi connectivity index (χ2n) is 8.90. The van der Waals surface area contributed by atoms with Crippen LogP contribution in [-0.4, -0.2) is 47.7 Å². The number of hydrogen-bond donors (Lipinski definition) is 1. The number of fused-ring (bicyclic) bond motifs is 1. The Labute approximate surface area is 203 Å². The summed E-state index contributed by atoms with van der Waals surface area (Å²) >= 11 is 0. The van der Waals surface area contributed by atoms with Gasteiger partial charge in [-0.25, -0.2) is 8.78 Å². The molecule has 2 atom stereocenters. The molecule has 0 amide bonds. The highest BCUT2D eigenvalue weighted by molar-refractivity contribution is 5.83. The van der Waals surface area contributed by atoms with Crippen LogP contribution in [0, 0.1) is 35.3 Å². The number of carboxylic acid groups (broad SMARTS) is 1. The minimum absolute atomic E-state index is 0.102. The number of pyridine rings is 1. The number of carbonyl (C=O) groups is 1. The largest absolute Gasteiger partial charge is 0.497 e. The molecule has 1 aromatic heterocycles. The molecule has 3 aromatic rings. The molecule has 0 saturated carbocycles. The van der Waals surface area contributed by atoms with Crippen LogP contribution in [0.5, 0.6) is 5.75 Å². The molecule has 1 fully saturated rings. The van der Waals surface area contributed by atoms with E-state index in [4.69, 9.17) is 4.74 Å². The number of benzene rings is 2. The van der Waals surface area contributed by atoms with Crippen molar-refractivity contribution in [1.82, 2.24) is 9.88 Å². The number of aromatic nitrogens is 1. The highest BCUT2D eigenvalue weighted by Gasteiger charge is 2.33. The van der Waals surface area contributed by atoms with E-state index in [1.165, 1.54) is 11.6 Å². The van der Waals surface area contributed by atoms with Gasteiger partial charge >= 0.3 is 5.97 Å². The minimum Gasteiger partial charge on any atom is -0.497 e. The van der Waals surface area contributed by atoms with Crippen molar-refractivity contribution < 1.29 is 23.4 Å². The summed E-state index contributed by atoms with van der Waals surface area (Å²) in [5.41, 5.74) is 2.50. The Morgan fingerprint density at radius 1 is 1.20 bits per heavy atom. The first-order valence-electron chi connectivity index (χ1n) is 11.8. The fraction of sp³-hybridized carbons (Fsp3) is 0.357. The molecule has 2 aromatic carbocycles. The molecular formula is C28H28F2N2O3. The smallest absolute Gasteiger partial charge is 0.308 e. The van der Waals surface area contributed by atoms with Crippen molar-refractivity contribution in [2.45, 2.75) is 25.7 Å². The fourth-order valence-electron chi connectivity index (χ4n) is 4.75. The van der Waals surface area contributed by atoms with Gasteiger partial charge in [0.25, 0.3) is 0 Å². The van der Waals surface area contributed by atoms with E-state index < -0.39 is 23.5 Å². The van der Waals surface area contributed by atoms with E-state index in [0.29, 0.717) is 18.7 Å². The number of hydrogen-bond acceptors (Lipinski definition) is 4. The van der Waals surface area contributed by atoms with Gasteiger partial charge in [-0.3, -0.25) is 14.7 Å². The number of rotatable bonds is 7. The molecule has 35 heavy (non-hydrogen) atoms. The Morgan fingerprint density at radius 2 is 2.06 bits per heavy atom. The summed E-state index contributed by atoms with van der Waals surface area (Å²) in [4.78, 5) is 18.4. The third kappa shape index (κ3) is 6.14. The lowest BCUT2D eigenvalue weighted by Crippen LogP contribution is -2.44. The van der Waals surface area contributed by atoms with Crippen LogP contribution in [0.2, 0.25) is 0 Å². The predicted molar refractivity (Wildman–Crippen MR) is 130 cm³/mol. The molecule has 182 valence electrons. The lowest BCUT2D eigenvalue weighted by Gasteiger charge is -2.35. The second-order valence-corrected chi connectivity index (χ2v) is 8.90. The lowest BCUT2D eigenvalue weighted by molar-refractivity contribution is -0.146. The van der Waals surface area contributed by atoms with Crippen LogP contribution in [0.3, 0.4) is 0 Å². The topological polar surface area (TPSA) is 62.7 Å². The normalized spacial score (nSPS) is 18.1. The average molecular weight is 479 g/mol. The number of methoxy groups -OCH3 is 1. The zero-order valence-corrected chi connectivity index (χ0v) is 19.6.